The van der Waals surface area contributed by atoms with E-state index < -0.39 is 0 Å². The highest BCUT2D eigenvalue weighted by Gasteiger charge is 2.29. The van der Waals surface area contributed by atoms with Gasteiger partial charge in [-0.15, -0.1) is 0 Å². The zero-order valence-electron chi connectivity index (χ0n) is 11.1. The van der Waals surface area contributed by atoms with Gasteiger partial charge in [-0.2, -0.15) is 0 Å². The van der Waals surface area contributed by atoms with E-state index in [4.69, 9.17) is 4.74 Å². The van der Waals surface area contributed by atoms with Gasteiger partial charge < -0.3 is 15.4 Å². The molecule has 0 saturated carbocycles. The first-order valence-electron chi connectivity index (χ1n) is 6.24. The molecule has 2 unspecified atom stereocenters. The summed E-state index contributed by atoms with van der Waals surface area (Å²) >= 11 is 0. The van der Waals surface area contributed by atoms with Crippen molar-refractivity contribution >= 4 is 11.6 Å². The van der Waals surface area contributed by atoms with E-state index in [2.05, 4.69) is 16.7 Å². The average Bonchev–Trinajstić information content (AvgIpc) is 2.81. The van der Waals surface area contributed by atoms with Crippen LogP contribution in [0.5, 0.6) is 0 Å². The summed E-state index contributed by atoms with van der Waals surface area (Å²) in [5.74, 6) is 0.0153. The molecule has 2 rings (SSSR count). The van der Waals surface area contributed by atoms with E-state index in [1.165, 1.54) is 5.56 Å². The Hall–Kier alpha value is -1.39. The fraction of sp³-hybridized carbons (Fsp3) is 0.500. The van der Waals surface area contributed by atoms with E-state index in [-0.39, 0.29) is 18.1 Å². The van der Waals surface area contributed by atoms with E-state index in [0.29, 0.717) is 0 Å². The van der Waals surface area contributed by atoms with Crippen LogP contribution in [0.25, 0.3) is 0 Å². The minimum Gasteiger partial charge on any atom is -0.380 e. The molecule has 4 nitrogen and oxygen atoms in total. The molecule has 4 heteroatoms. The number of hydrogen-bond donors (Lipinski definition) is 2. The van der Waals surface area contributed by atoms with Crippen molar-refractivity contribution in [3.63, 3.8) is 0 Å². The van der Waals surface area contributed by atoms with Gasteiger partial charge in [-0.3, -0.25) is 4.79 Å². The first-order valence-corrected chi connectivity index (χ1v) is 6.24. The first kappa shape index (κ1) is 13.1. The summed E-state index contributed by atoms with van der Waals surface area (Å²) in [6, 6.07) is 5.86. The smallest absolute Gasteiger partial charge is 0.241 e. The Morgan fingerprint density at radius 1 is 1.44 bits per heavy atom. The lowest BCUT2D eigenvalue weighted by molar-refractivity contribution is -0.118. The molecule has 98 valence electrons. The molecule has 2 N–H and O–H groups in total. The molecule has 1 saturated heterocycles. The quantitative estimate of drug-likeness (QED) is 0.854. The van der Waals surface area contributed by atoms with Crippen LogP contribution in [0.3, 0.4) is 0 Å². The normalized spacial score (nSPS) is 23.1. The number of rotatable bonds is 3. The average molecular weight is 248 g/mol. The van der Waals surface area contributed by atoms with Gasteiger partial charge in [0.25, 0.3) is 0 Å². The van der Waals surface area contributed by atoms with Crippen molar-refractivity contribution in [3.8, 4) is 0 Å². The summed E-state index contributed by atoms with van der Waals surface area (Å²) in [6.45, 7) is 4.78. The third-order valence-corrected chi connectivity index (χ3v) is 3.38. The lowest BCUT2D eigenvalue weighted by Gasteiger charge is -2.13. The monoisotopic (exact) mass is 248 g/mol. The number of anilines is 1. The molecule has 18 heavy (non-hydrogen) atoms. The van der Waals surface area contributed by atoms with Gasteiger partial charge in [-0.25, -0.2) is 0 Å². The minimum absolute atomic E-state index is 0.0153. The third kappa shape index (κ3) is 2.89. The van der Waals surface area contributed by atoms with E-state index in [0.717, 1.165) is 24.2 Å². The molecule has 0 spiro atoms. The van der Waals surface area contributed by atoms with Crippen molar-refractivity contribution in [3.05, 3.63) is 29.3 Å². The number of ether oxygens (including phenoxy) is 1. The third-order valence-electron chi connectivity index (χ3n) is 3.38. The Morgan fingerprint density at radius 3 is 2.83 bits per heavy atom. The molecule has 0 bridgehead atoms. The summed E-state index contributed by atoms with van der Waals surface area (Å²) < 4.78 is 5.24. The summed E-state index contributed by atoms with van der Waals surface area (Å²) in [5, 5.41) is 6.14. The van der Waals surface area contributed by atoms with Gasteiger partial charge in [0.2, 0.25) is 5.91 Å². The van der Waals surface area contributed by atoms with Gasteiger partial charge in [0, 0.05) is 19.3 Å². The van der Waals surface area contributed by atoms with Gasteiger partial charge >= 0.3 is 0 Å². The van der Waals surface area contributed by atoms with E-state index in [1.54, 1.807) is 7.11 Å². The molecule has 1 heterocycles. The van der Waals surface area contributed by atoms with Crippen molar-refractivity contribution in [2.45, 2.75) is 32.4 Å². The van der Waals surface area contributed by atoms with Crippen molar-refractivity contribution in [1.29, 1.82) is 0 Å². The second kappa shape index (κ2) is 5.50. The molecule has 1 amide bonds. The second-order valence-corrected chi connectivity index (χ2v) is 4.86. The molecule has 1 aromatic rings. The Kier molecular flexibility index (Phi) is 3.99. The minimum atomic E-state index is -0.157. The van der Waals surface area contributed by atoms with Crippen molar-refractivity contribution < 1.29 is 9.53 Å². The largest absolute Gasteiger partial charge is 0.380 e. The zero-order valence-corrected chi connectivity index (χ0v) is 11.1. The Labute approximate surface area is 108 Å². The van der Waals surface area contributed by atoms with E-state index >= 15 is 0 Å². The van der Waals surface area contributed by atoms with Crippen LogP contribution in [0, 0.1) is 13.8 Å². The molecule has 2 atom stereocenters. The topological polar surface area (TPSA) is 50.4 Å². The molecular formula is C14H20N2O2. The highest BCUT2D eigenvalue weighted by Crippen LogP contribution is 2.18. The van der Waals surface area contributed by atoms with Crippen LogP contribution in [0.4, 0.5) is 5.69 Å². The van der Waals surface area contributed by atoms with Crippen LogP contribution in [-0.2, 0) is 9.53 Å². The number of nitrogens with one attached hydrogen (secondary N) is 2. The number of benzene rings is 1. The molecule has 1 aromatic carbocycles. The number of aryl methyl sites for hydroxylation is 2. The zero-order chi connectivity index (χ0) is 13.1. The van der Waals surface area contributed by atoms with Crippen LogP contribution < -0.4 is 10.6 Å². The first-order chi connectivity index (χ1) is 8.60. The highest BCUT2D eigenvalue weighted by molar-refractivity contribution is 5.95. The molecule has 0 radical (unpaired) electrons. The van der Waals surface area contributed by atoms with Crippen LogP contribution in [0.2, 0.25) is 0 Å². The van der Waals surface area contributed by atoms with Crippen molar-refractivity contribution in [2.75, 3.05) is 19.0 Å². The number of methoxy groups -OCH3 is 1. The van der Waals surface area contributed by atoms with Crippen LogP contribution >= 0.6 is 0 Å². The van der Waals surface area contributed by atoms with Gasteiger partial charge in [-0.05, 0) is 31.9 Å². The molecule has 1 aliphatic rings. The maximum Gasteiger partial charge on any atom is 0.241 e. The second-order valence-electron chi connectivity index (χ2n) is 4.86. The molecule has 1 fully saturated rings. The maximum absolute atomic E-state index is 12.1. The van der Waals surface area contributed by atoms with Crippen LogP contribution in [0.1, 0.15) is 17.5 Å². The predicted molar refractivity (Wildman–Crippen MR) is 71.8 cm³/mol. The Bertz CT molecular complexity index is 445. The maximum atomic E-state index is 12.1. The fourth-order valence-corrected chi connectivity index (χ4v) is 2.26. The number of amides is 1. The van der Waals surface area contributed by atoms with E-state index in [9.17, 15) is 4.79 Å². The molecule has 0 aromatic heterocycles. The fourth-order valence-electron chi connectivity index (χ4n) is 2.26. The van der Waals surface area contributed by atoms with E-state index in [1.807, 2.05) is 26.0 Å². The van der Waals surface area contributed by atoms with Gasteiger partial charge in [-0.1, -0.05) is 17.7 Å². The van der Waals surface area contributed by atoms with Crippen LogP contribution in [0.15, 0.2) is 18.2 Å². The Morgan fingerprint density at radius 2 is 2.22 bits per heavy atom. The molecule has 0 aliphatic carbocycles. The lowest BCUT2D eigenvalue weighted by Crippen LogP contribution is -2.35. The lowest BCUT2D eigenvalue weighted by atomic mass is 10.1. The number of carbonyl (C=O) groups excluding carboxylic acids is 1. The SMILES string of the molecule is COC1CNC(C(=O)Nc2ccc(C)cc2C)C1. The summed E-state index contributed by atoms with van der Waals surface area (Å²) in [5.41, 5.74) is 3.17. The van der Waals surface area contributed by atoms with Crippen molar-refractivity contribution in [1.82, 2.24) is 5.32 Å². The van der Waals surface area contributed by atoms with Crippen LogP contribution in [-0.4, -0.2) is 31.7 Å². The standard InChI is InChI=1S/C14H20N2O2/c1-9-4-5-12(10(2)6-9)16-14(17)13-7-11(18-3)8-15-13/h4-6,11,13,15H,7-8H2,1-3H3,(H,16,17). The molecule has 1 aliphatic heterocycles. The summed E-state index contributed by atoms with van der Waals surface area (Å²) in [4.78, 5) is 12.1. The van der Waals surface area contributed by atoms with Crippen molar-refractivity contribution in [2.24, 2.45) is 0 Å². The highest BCUT2D eigenvalue weighted by atomic mass is 16.5. The summed E-state index contributed by atoms with van der Waals surface area (Å²) in [6.07, 6.45) is 0.868. The predicted octanol–water partition coefficient (Wildman–Crippen LogP) is 1.62. The Balaban J connectivity index is 1.99. The number of carbonyl (C=O) groups is 1. The number of hydrogen-bond acceptors (Lipinski definition) is 3. The molecular weight excluding hydrogens is 228 g/mol. The van der Waals surface area contributed by atoms with Gasteiger partial charge in [0.1, 0.15) is 0 Å². The summed E-state index contributed by atoms with van der Waals surface area (Å²) in [7, 11) is 1.68. The van der Waals surface area contributed by atoms with Gasteiger partial charge in [0.15, 0.2) is 0 Å². The van der Waals surface area contributed by atoms with Gasteiger partial charge in [0.05, 0.1) is 12.1 Å².